The standard InChI is InChI=1S/C17H26/c1-3-5-7-8-9-13-17-15-11-10-14-16(17)12-6-4-2/h3,10-11,14-15H,1,4-9,12-13H2,2H3. The van der Waals surface area contributed by atoms with Crippen molar-refractivity contribution in [2.45, 2.75) is 58.3 Å². The maximum absolute atomic E-state index is 3.76. The normalized spacial score (nSPS) is 10.4. The van der Waals surface area contributed by atoms with E-state index in [4.69, 9.17) is 0 Å². The minimum absolute atomic E-state index is 1.16. The van der Waals surface area contributed by atoms with Gasteiger partial charge in [0.05, 0.1) is 0 Å². The number of benzene rings is 1. The molecule has 0 N–H and O–H groups in total. The molecule has 0 unspecified atom stereocenters. The van der Waals surface area contributed by atoms with Crippen LogP contribution < -0.4 is 0 Å². The van der Waals surface area contributed by atoms with Crippen molar-refractivity contribution in [2.75, 3.05) is 0 Å². The SMILES string of the molecule is C=CCCCCCc1ccccc1CCCC. The van der Waals surface area contributed by atoms with Gasteiger partial charge in [-0.1, -0.05) is 50.1 Å². The van der Waals surface area contributed by atoms with Crippen LogP contribution in [0.4, 0.5) is 0 Å². The summed E-state index contributed by atoms with van der Waals surface area (Å²) in [4.78, 5) is 0. The van der Waals surface area contributed by atoms with Gasteiger partial charge in [-0.25, -0.2) is 0 Å². The molecule has 1 aromatic rings. The molecule has 0 aliphatic rings. The molecule has 0 bridgehead atoms. The number of hydrogen-bond acceptors (Lipinski definition) is 0. The first-order valence-corrected chi connectivity index (χ1v) is 7.06. The van der Waals surface area contributed by atoms with Crippen molar-refractivity contribution in [3.05, 3.63) is 48.0 Å². The molecule has 0 atom stereocenters. The first-order valence-electron chi connectivity index (χ1n) is 7.06. The van der Waals surface area contributed by atoms with E-state index < -0.39 is 0 Å². The third-order valence-electron chi connectivity index (χ3n) is 3.27. The highest BCUT2D eigenvalue weighted by Gasteiger charge is 2.00. The van der Waals surface area contributed by atoms with Crippen LogP contribution in [0.3, 0.4) is 0 Å². The highest BCUT2D eigenvalue weighted by Crippen LogP contribution is 2.15. The third-order valence-corrected chi connectivity index (χ3v) is 3.27. The monoisotopic (exact) mass is 230 g/mol. The van der Waals surface area contributed by atoms with Gasteiger partial charge in [-0.3, -0.25) is 0 Å². The van der Waals surface area contributed by atoms with Crippen LogP contribution in [0.25, 0.3) is 0 Å². The van der Waals surface area contributed by atoms with Crippen molar-refractivity contribution < 1.29 is 0 Å². The van der Waals surface area contributed by atoms with Crippen LogP contribution in [0.1, 0.15) is 56.6 Å². The Hall–Kier alpha value is -1.04. The molecule has 17 heavy (non-hydrogen) atoms. The van der Waals surface area contributed by atoms with Gasteiger partial charge in [-0.05, 0) is 49.7 Å². The first-order chi connectivity index (χ1) is 8.38. The van der Waals surface area contributed by atoms with Gasteiger partial charge in [0.2, 0.25) is 0 Å². The molecular formula is C17H26. The lowest BCUT2D eigenvalue weighted by Gasteiger charge is -2.08. The van der Waals surface area contributed by atoms with Gasteiger partial charge < -0.3 is 0 Å². The number of unbranched alkanes of at least 4 members (excludes halogenated alkanes) is 4. The van der Waals surface area contributed by atoms with Gasteiger partial charge in [0.1, 0.15) is 0 Å². The molecule has 0 nitrogen and oxygen atoms in total. The summed E-state index contributed by atoms with van der Waals surface area (Å²) < 4.78 is 0. The van der Waals surface area contributed by atoms with Gasteiger partial charge in [0.15, 0.2) is 0 Å². The molecule has 94 valence electrons. The zero-order valence-corrected chi connectivity index (χ0v) is 11.3. The smallest absolute Gasteiger partial charge is 0.0276 e. The molecule has 0 radical (unpaired) electrons. The quantitative estimate of drug-likeness (QED) is 0.398. The van der Waals surface area contributed by atoms with Gasteiger partial charge in [0, 0.05) is 0 Å². The van der Waals surface area contributed by atoms with E-state index in [2.05, 4.69) is 37.8 Å². The van der Waals surface area contributed by atoms with Crippen molar-refractivity contribution in [1.29, 1.82) is 0 Å². The lowest BCUT2D eigenvalue weighted by molar-refractivity contribution is 0.681. The van der Waals surface area contributed by atoms with E-state index in [-0.39, 0.29) is 0 Å². The number of hydrogen-bond donors (Lipinski definition) is 0. The summed E-state index contributed by atoms with van der Waals surface area (Å²) in [6.07, 6.45) is 12.2. The van der Waals surface area contributed by atoms with Crippen LogP contribution in [0.15, 0.2) is 36.9 Å². The lowest BCUT2D eigenvalue weighted by Crippen LogP contribution is -1.94. The maximum Gasteiger partial charge on any atom is -0.0276 e. The summed E-state index contributed by atoms with van der Waals surface area (Å²) in [6, 6.07) is 8.95. The summed E-state index contributed by atoms with van der Waals surface area (Å²) in [5.41, 5.74) is 3.14. The molecule has 0 aliphatic heterocycles. The second kappa shape index (κ2) is 9.04. The van der Waals surface area contributed by atoms with Gasteiger partial charge in [-0.15, -0.1) is 6.58 Å². The molecule has 1 aromatic carbocycles. The van der Waals surface area contributed by atoms with Crippen LogP contribution in [-0.4, -0.2) is 0 Å². The number of rotatable bonds is 9. The highest BCUT2D eigenvalue weighted by atomic mass is 14.1. The Bertz CT molecular complexity index is 312. The van der Waals surface area contributed by atoms with Crippen molar-refractivity contribution in [3.63, 3.8) is 0 Å². The molecule has 0 aromatic heterocycles. The largest absolute Gasteiger partial charge is 0.103 e. The van der Waals surface area contributed by atoms with Crippen LogP contribution in [0, 0.1) is 0 Å². The van der Waals surface area contributed by atoms with E-state index in [1.54, 1.807) is 11.1 Å². The van der Waals surface area contributed by atoms with E-state index in [1.165, 1.54) is 44.9 Å². The predicted octanol–water partition coefficient (Wildman–Crippen LogP) is 5.32. The molecule has 0 saturated carbocycles. The Balaban J connectivity index is 2.37. The summed E-state index contributed by atoms with van der Waals surface area (Å²) in [7, 11) is 0. The minimum Gasteiger partial charge on any atom is -0.103 e. The fourth-order valence-corrected chi connectivity index (χ4v) is 2.19. The molecule has 0 heterocycles. The Labute approximate surface area is 107 Å². The van der Waals surface area contributed by atoms with Crippen LogP contribution in [-0.2, 0) is 12.8 Å². The zero-order valence-electron chi connectivity index (χ0n) is 11.3. The summed E-state index contributed by atoms with van der Waals surface area (Å²) in [6.45, 7) is 6.03. The van der Waals surface area contributed by atoms with Crippen molar-refractivity contribution in [3.8, 4) is 0 Å². The molecule has 0 aliphatic carbocycles. The summed E-state index contributed by atoms with van der Waals surface area (Å²) >= 11 is 0. The Morgan fingerprint density at radius 1 is 0.941 bits per heavy atom. The topological polar surface area (TPSA) is 0 Å². The van der Waals surface area contributed by atoms with Crippen molar-refractivity contribution >= 4 is 0 Å². The van der Waals surface area contributed by atoms with Crippen LogP contribution >= 0.6 is 0 Å². The summed E-state index contributed by atoms with van der Waals surface area (Å²) in [5.74, 6) is 0. The Morgan fingerprint density at radius 2 is 1.59 bits per heavy atom. The summed E-state index contributed by atoms with van der Waals surface area (Å²) in [5, 5.41) is 0. The molecular weight excluding hydrogens is 204 g/mol. The fraction of sp³-hybridized carbons (Fsp3) is 0.529. The van der Waals surface area contributed by atoms with E-state index in [0.717, 1.165) is 6.42 Å². The predicted molar refractivity (Wildman–Crippen MR) is 77.4 cm³/mol. The average molecular weight is 230 g/mol. The number of allylic oxidation sites excluding steroid dienone is 1. The van der Waals surface area contributed by atoms with Gasteiger partial charge >= 0.3 is 0 Å². The molecule has 0 heteroatoms. The minimum atomic E-state index is 1.16. The zero-order chi connectivity index (χ0) is 12.3. The molecule has 0 amide bonds. The lowest BCUT2D eigenvalue weighted by atomic mass is 9.97. The molecule has 1 rings (SSSR count). The highest BCUT2D eigenvalue weighted by molar-refractivity contribution is 5.27. The van der Waals surface area contributed by atoms with Gasteiger partial charge in [-0.2, -0.15) is 0 Å². The molecule has 0 fully saturated rings. The van der Waals surface area contributed by atoms with E-state index >= 15 is 0 Å². The molecule has 0 spiro atoms. The fourth-order valence-electron chi connectivity index (χ4n) is 2.19. The van der Waals surface area contributed by atoms with Gasteiger partial charge in [0.25, 0.3) is 0 Å². The van der Waals surface area contributed by atoms with Crippen LogP contribution in [0.5, 0.6) is 0 Å². The number of aryl methyl sites for hydroxylation is 2. The van der Waals surface area contributed by atoms with E-state index in [0.29, 0.717) is 0 Å². The van der Waals surface area contributed by atoms with E-state index in [1.807, 2.05) is 6.08 Å². The Kier molecular flexibility index (Phi) is 7.46. The van der Waals surface area contributed by atoms with Crippen molar-refractivity contribution in [1.82, 2.24) is 0 Å². The third kappa shape index (κ3) is 5.72. The van der Waals surface area contributed by atoms with Crippen molar-refractivity contribution in [2.24, 2.45) is 0 Å². The second-order valence-corrected chi connectivity index (χ2v) is 4.76. The second-order valence-electron chi connectivity index (χ2n) is 4.76. The maximum atomic E-state index is 3.76. The van der Waals surface area contributed by atoms with Crippen LogP contribution in [0.2, 0.25) is 0 Å². The van der Waals surface area contributed by atoms with E-state index in [9.17, 15) is 0 Å². The Morgan fingerprint density at radius 3 is 2.18 bits per heavy atom. The molecule has 0 saturated heterocycles. The average Bonchev–Trinajstić information content (AvgIpc) is 2.37. The first kappa shape index (κ1) is 14.0.